The molecule has 9 heteroatoms. The lowest BCUT2D eigenvalue weighted by molar-refractivity contribution is -0.165. The maximum Gasteiger partial charge on any atom is 0.516 e. The van der Waals surface area contributed by atoms with Gasteiger partial charge in [-0.1, -0.05) is 6.92 Å². The summed E-state index contributed by atoms with van der Waals surface area (Å²) in [4.78, 5) is 46.3. The fraction of sp³-hybridized carbons (Fsp3) is 0.692. The molecular formula is C13H23NO8. The number of ether oxygens (including phenoxy) is 3. The van der Waals surface area contributed by atoms with E-state index in [0.717, 1.165) is 0 Å². The van der Waals surface area contributed by atoms with Crippen LogP contribution >= 0.6 is 0 Å². The molecule has 0 heterocycles. The zero-order chi connectivity index (χ0) is 17.9. The lowest BCUT2D eigenvalue weighted by Crippen LogP contribution is -2.32. The number of esters is 2. The number of nitrogens with two attached hydrogens (primary N) is 1. The number of hydrogen-bond donors (Lipinski definition) is 1. The predicted octanol–water partition coefficient (Wildman–Crippen LogP) is 1.23. The van der Waals surface area contributed by atoms with Gasteiger partial charge in [0.2, 0.25) is 0 Å². The Labute approximate surface area is 129 Å². The maximum absolute atomic E-state index is 11.4. The van der Waals surface area contributed by atoms with E-state index in [1.165, 1.54) is 13.8 Å². The number of hydrogen-bond acceptors (Lipinski definition) is 9. The lowest BCUT2D eigenvalue weighted by atomic mass is 10.2. The zero-order valence-electron chi connectivity index (χ0n) is 13.6. The number of carbonyl (C=O) groups excluding carboxylic acids is 4. The van der Waals surface area contributed by atoms with Gasteiger partial charge in [0.05, 0.1) is 0 Å². The zero-order valence-corrected chi connectivity index (χ0v) is 13.6. The van der Waals surface area contributed by atoms with Crippen molar-refractivity contribution in [2.45, 2.75) is 59.7 Å². The Bertz CT molecular complexity index is 399. The first-order chi connectivity index (χ1) is 9.92. The van der Waals surface area contributed by atoms with Crippen LogP contribution in [0.1, 0.15) is 48.0 Å². The predicted molar refractivity (Wildman–Crippen MR) is 74.1 cm³/mol. The minimum absolute atomic E-state index is 0.223. The van der Waals surface area contributed by atoms with Gasteiger partial charge in [-0.15, -0.1) is 0 Å². The third-order valence-electron chi connectivity index (χ3n) is 1.68. The van der Waals surface area contributed by atoms with Crippen LogP contribution in [-0.4, -0.2) is 35.8 Å². The Morgan fingerprint density at radius 2 is 1.50 bits per heavy atom. The van der Waals surface area contributed by atoms with Crippen LogP contribution in [0.15, 0.2) is 0 Å². The molecule has 2 N–H and O–H groups in total. The van der Waals surface area contributed by atoms with Crippen LogP contribution in [0, 0.1) is 0 Å². The van der Waals surface area contributed by atoms with Crippen LogP contribution in [0.5, 0.6) is 0 Å². The van der Waals surface area contributed by atoms with Gasteiger partial charge in [-0.2, -0.15) is 5.90 Å². The van der Waals surface area contributed by atoms with Crippen molar-refractivity contribution in [3.05, 3.63) is 0 Å². The van der Waals surface area contributed by atoms with E-state index in [0.29, 0.717) is 0 Å². The van der Waals surface area contributed by atoms with Crippen LogP contribution in [0.3, 0.4) is 0 Å². The third-order valence-corrected chi connectivity index (χ3v) is 1.68. The molecule has 0 rings (SSSR count). The maximum atomic E-state index is 11.4. The smallest absolute Gasteiger partial charge is 0.451 e. The molecule has 0 aliphatic carbocycles. The quantitative estimate of drug-likeness (QED) is 0.463. The summed E-state index contributed by atoms with van der Waals surface area (Å²) in [6.45, 7) is 8.96. The van der Waals surface area contributed by atoms with Crippen LogP contribution in [-0.2, 0) is 33.4 Å². The van der Waals surface area contributed by atoms with Gasteiger partial charge in [-0.25, -0.2) is 9.59 Å². The third kappa shape index (κ3) is 14.3. The summed E-state index contributed by atoms with van der Waals surface area (Å²) in [5.74, 6) is 2.31. The standard InChI is InChI=1S/C11H18O6.C2H5NO2/c1-6-8(15-7(2)12)9(13)16-10(14)17-11(3,4)5;1-2(4)5-3/h8H,6H2,1-5H3;3H2,1H3. The minimum Gasteiger partial charge on any atom is -0.451 e. The molecule has 0 amide bonds. The summed E-state index contributed by atoms with van der Waals surface area (Å²) >= 11 is 0. The fourth-order valence-corrected chi connectivity index (χ4v) is 0.917. The van der Waals surface area contributed by atoms with Crippen LogP contribution in [0.2, 0.25) is 0 Å². The molecule has 0 saturated heterocycles. The Balaban J connectivity index is 0. The first kappa shape index (κ1) is 22.1. The monoisotopic (exact) mass is 321 g/mol. The van der Waals surface area contributed by atoms with Gasteiger partial charge in [-0.3, -0.25) is 9.59 Å². The van der Waals surface area contributed by atoms with Gasteiger partial charge in [0.25, 0.3) is 0 Å². The van der Waals surface area contributed by atoms with Gasteiger partial charge < -0.3 is 19.0 Å². The van der Waals surface area contributed by atoms with Crippen LogP contribution in [0.4, 0.5) is 4.79 Å². The summed E-state index contributed by atoms with van der Waals surface area (Å²) in [6.07, 6.45) is -1.96. The molecule has 0 radical (unpaired) electrons. The van der Waals surface area contributed by atoms with E-state index in [2.05, 4.69) is 20.2 Å². The molecule has 1 atom stereocenters. The number of rotatable bonds is 3. The van der Waals surface area contributed by atoms with Gasteiger partial charge in [0.15, 0.2) is 6.10 Å². The van der Waals surface area contributed by atoms with Gasteiger partial charge in [0, 0.05) is 13.8 Å². The SMILES string of the molecule is CC(=O)ON.CCC(OC(C)=O)C(=O)OC(=O)OC(C)(C)C. The fourth-order valence-electron chi connectivity index (χ4n) is 0.917. The summed E-state index contributed by atoms with van der Waals surface area (Å²) in [6, 6.07) is 0. The molecule has 0 aromatic heterocycles. The Morgan fingerprint density at radius 1 is 1.05 bits per heavy atom. The summed E-state index contributed by atoms with van der Waals surface area (Å²) in [5.41, 5.74) is -0.749. The lowest BCUT2D eigenvalue weighted by Gasteiger charge is -2.19. The van der Waals surface area contributed by atoms with Crippen molar-refractivity contribution in [3.63, 3.8) is 0 Å². The van der Waals surface area contributed by atoms with Crippen molar-refractivity contribution >= 4 is 24.1 Å². The second-order valence-corrected chi connectivity index (χ2v) is 5.00. The molecule has 1 unspecified atom stereocenters. The highest BCUT2D eigenvalue weighted by atomic mass is 16.8. The highest BCUT2D eigenvalue weighted by molar-refractivity contribution is 5.86. The summed E-state index contributed by atoms with van der Waals surface area (Å²) < 4.78 is 13.9. The molecule has 0 aliphatic heterocycles. The molecule has 0 spiro atoms. The molecule has 128 valence electrons. The first-order valence-corrected chi connectivity index (χ1v) is 6.42. The minimum atomic E-state index is -1.10. The molecular weight excluding hydrogens is 298 g/mol. The average molecular weight is 321 g/mol. The summed E-state index contributed by atoms with van der Waals surface area (Å²) in [5, 5.41) is 0. The van der Waals surface area contributed by atoms with E-state index in [1.807, 2.05) is 0 Å². The Morgan fingerprint density at radius 3 is 1.77 bits per heavy atom. The van der Waals surface area contributed by atoms with Crippen LogP contribution < -0.4 is 5.90 Å². The molecule has 22 heavy (non-hydrogen) atoms. The van der Waals surface area contributed by atoms with Crippen molar-refractivity contribution in [2.75, 3.05) is 0 Å². The normalized spacial score (nSPS) is 11.2. The molecule has 9 nitrogen and oxygen atoms in total. The van der Waals surface area contributed by atoms with E-state index in [-0.39, 0.29) is 6.42 Å². The van der Waals surface area contributed by atoms with Crippen LogP contribution in [0.25, 0.3) is 0 Å². The van der Waals surface area contributed by atoms with Crippen molar-refractivity contribution in [1.29, 1.82) is 0 Å². The van der Waals surface area contributed by atoms with Crippen molar-refractivity contribution in [3.8, 4) is 0 Å². The van der Waals surface area contributed by atoms with Crippen molar-refractivity contribution in [1.82, 2.24) is 0 Å². The van der Waals surface area contributed by atoms with E-state index in [1.54, 1.807) is 27.7 Å². The Kier molecular flexibility index (Phi) is 10.6. The highest BCUT2D eigenvalue weighted by Gasteiger charge is 2.26. The topological polar surface area (TPSA) is 131 Å². The van der Waals surface area contributed by atoms with E-state index in [9.17, 15) is 19.2 Å². The van der Waals surface area contributed by atoms with Gasteiger partial charge in [0.1, 0.15) is 5.60 Å². The Hall–Kier alpha value is -2.16. The largest absolute Gasteiger partial charge is 0.516 e. The molecule has 0 aliphatic rings. The molecule has 0 aromatic carbocycles. The summed E-state index contributed by atoms with van der Waals surface area (Å²) in [7, 11) is 0. The van der Waals surface area contributed by atoms with Crippen molar-refractivity contribution < 1.29 is 38.2 Å². The highest BCUT2D eigenvalue weighted by Crippen LogP contribution is 2.09. The molecule has 0 fully saturated rings. The van der Waals surface area contributed by atoms with Gasteiger partial charge >= 0.3 is 24.1 Å². The second kappa shape index (κ2) is 10.6. The second-order valence-electron chi connectivity index (χ2n) is 5.00. The molecule has 0 aromatic rings. The van der Waals surface area contributed by atoms with E-state index < -0.39 is 35.8 Å². The van der Waals surface area contributed by atoms with Crippen molar-refractivity contribution in [2.24, 2.45) is 5.90 Å². The molecule has 0 saturated carbocycles. The van der Waals surface area contributed by atoms with E-state index >= 15 is 0 Å². The van der Waals surface area contributed by atoms with Gasteiger partial charge in [-0.05, 0) is 27.2 Å². The average Bonchev–Trinajstić information content (AvgIpc) is 2.33. The number of carbonyl (C=O) groups is 4. The first-order valence-electron chi connectivity index (χ1n) is 6.42. The molecule has 0 bridgehead atoms. The van der Waals surface area contributed by atoms with E-state index in [4.69, 9.17) is 4.74 Å².